The zero-order chi connectivity index (χ0) is 14.4. The SMILES string of the molecule is O=C(CCCl)NC1CCC(Oc2ncc(F)cn2)CC1. The highest BCUT2D eigenvalue weighted by Gasteiger charge is 2.24. The van der Waals surface area contributed by atoms with E-state index >= 15 is 0 Å². The Morgan fingerprint density at radius 2 is 2.00 bits per heavy atom. The third-order valence-electron chi connectivity index (χ3n) is 3.23. The van der Waals surface area contributed by atoms with Gasteiger partial charge in [-0.2, -0.15) is 0 Å². The largest absolute Gasteiger partial charge is 0.460 e. The number of ether oxygens (including phenoxy) is 1. The Bertz CT molecular complexity index is 436. The van der Waals surface area contributed by atoms with E-state index < -0.39 is 5.82 Å². The molecule has 0 unspecified atom stereocenters. The molecule has 0 bridgehead atoms. The molecule has 1 heterocycles. The van der Waals surface area contributed by atoms with Crippen LogP contribution in [0.3, 0.4) is 0 Å². The first-order valence-corrected chi connectivity index (χ1v) is 7.20. The van der Waals surface area contributed by atoms with Gasteiger partial charge in [-0.1, -0.05) is 0 Å². The van der Waals surface area contributed by atoms with Gasteiger partial charge in [0.2, 0.25) is 5.91 Å². The number of rotatable bonds is 5. The van der Waals surface area contributed by atoms with Crippen molar-refractivity contribution in [3.63, 3.8) is 0 Å². The molecule has 0 aliphatic heterocycles. The predicted octanol–water partition coefficient (Wildman–Crippen LogP) is 2.05. The van der Waals surface area contributed by atoms with Crippen LogP contribution in [0.5, 0.6) is 6.01 Å². The Balaban J connectivity index is 1.74. The van der Waals surface area contributed by atoms with Crippen LogP contribution < -0.4 is 10.1 Å². The van der Waals surface area contributed by atoms with Gasteiger partial charge in [-0.05, 0) is 25.7 Å². The lowest BCUT2D eigenvalue weighted by molar-refractivity contribution is -0.121. The molecule has 1 N–H and O–H groups in total. The molecular formula is C13H17ClFN3O2. The van der Waals surface area contributed by atoms with Gasteiger partial charge < -0.3 is 10.1 Å². The lowest BCUT2D eigenvalue weighted by Gasteiger charge is -2.28. The number of amides is 1. The highest BCUT2D eigenvalue weighted by Crippen LogP contribution is 2.22. The number of carbonyl (C=O) groups excluding carboxylic acids is 1. The Morgan fingerprint density at radius 3 is 2.60 bits per heavy atom. The van der Waals surface area contributed by atoms with E-state index in [9.17, 15) is 9.18 Å². The summed E-state index contributed by atoms with van der Waals surface area (Å²) in [6, 6.07) is 0.376. The molecule has 0 aromatic carbocycles. The molecule has 1 aliphatic carbocycles. The zero-order valence-electron chi connectivity index (χ0n) is 11.0. The van der Waals surface area contributed by atoms with Crippen LogP contribution in [0, 0.1) is 5.82 Å². The monoisotopic (exact) mass is 301 g/mol. The standard InChI is InChI=1S/C13H17ClFN3O2/c14-6-5-12(19)18-10-1-3-11(4-2-10)20-13-16-7-9(15)8-17-13/h7-8,10-11H,1-6H2,(H,18,19). The molecule has 0 spiro atoms. The van der Waals surface area contributed by atoms with Crippen molar-refractivity contribution in [2.45, 2.75) is 44.2 Å². The normalized spacial score (nSPS) is 22.3. The first-order chi connectivity index (χ1) is 9.67. The minimum absolute atomic E-state index is 0.00811. The maximum atomic E-state index is 12.7. The maximum absolute atomic E-state index is 12.7. The minimum atomic E-state index is -0.483. The highest BCUT2D eigenvalue weighted by molar-refractivity contribution is 6.18. The van der Waals surface area contributed by atoms with Crippen LogP contribution in [0.2, 0.25) is 0 Å². The Morgan fingerprint density at radius 1 is 1.35 bits per heavy atom. The van der Waals surface area contributed by atoms with Crippen LogP contribution in [0.15, 0.2) is 12.4 Å². The van der Waals surface area contributed by atoms with E-state index in [1.807, 2.05) is 0 Å². The molecule has 110 valence electrons. The molecule has 0 atom stereocenters. The molecule has 1 aromatic rings. The number of hydrogen-bond acceptors (Lipinski definition) is 4. The van der Waals surface area contributed by atoms with Crippen molar-refractivity contribution < 1.29 is 13.9 Å². The van der Waals surface area contributed by atoms with E-state index in [2.05, 4.69) is 15.3 Å². The van der Waals surface area contributed by atoms with E-state index in [-0.39, 0.29) is 24.1 Å². The molecule has 5 nitrogen and oxygen atoms in total. The summed E-state index contributed by atoms with van der Waals surface area (Å²) in [6.45, 7) is 0. The fourth-order valence-electron chi connectivity index (χ4n) is 2.22. The fraction of sp³-hybridized carbons (Fsp3) is 0.615. The average molecular weight is 302 g/mol. The first-order valence-electron chi connectivity index (χ1n) is 6.67. The van der Waals surface area contributed by atoms with Gasteiger partial charge in [0.25, 0.3) is 0 Å². The van der Waals surface area contributed by atoms with Crippen LogP contribution in [0.25, 0.3) is 0 Å². The molecule has 1 aliphatic rings. The molecule has 20 heavy (non-hydrogen) atoms. The number of halogens is 2. The Hall–Kier alpha value is -1.43. The van der Waals surface area contributed by atoms with Gasteiger partial charge in [0.05, 0.1) is 12.4 Å². The van der Waals surface area contributed by atoms with Crippen molar-refractivity contribution in [3.8, 4) is 6.01 Å². The van der Waals surface area contributed by atoms with Gasteiger partial charge in [0, 0.05) is 18.3 Å². The van der Waals surface area contributed by atoms with Crippen LogP contribution >= 0.6 is 11.6 Å². The molecule has 2 rings (SSSR count). The van der Waals surface area contributed by atoms with Gasteiger partial charge in [0.1, 0.15) is 6.10 Å². The number of carbonyl (C=O) groups is 1. The van der Waals surface area contributed by atoms with E-state index in [1.165, 1.54) is 0 Å². The second-order valence-electron chi connectivity index (χ2n) is 4.78. The van der Waals surface area contributed by atoms with Crippen molar-refractivity contribution in [1.29, 1.82) is 0 Å². The first kappa shape index (κ1) is 15.0. The maximum Gasteiger partial charge on any atom is 0.316 e. The lowest BCUT2D eigenvalue weighted by atomic mass is 9.93. The van der Waals surface area contributed by atoms with Crippen molar-refractivity contribution in [2.75, 3.05) is 5.88 Å². The van der Waals surface area contributed by atoms with Crippen molar-refractivity contribution in [3.05, 3.63) is 18.2 Å². The van der Waals surface area contributed by atoms with E-state index in [1.54, 1.807) is 0 Å². The summed E-state index contributed by atoms with van der Waals surface area (Å²) in [5.41, 5.74) is 0. The molecular weight excluding hydrogens is 285 g/mol. The van der Waals surface area contributed by atoms with Crippen LogP contribution in [-0.2, 0) is 4.79 Å². The Kier molecular flexibility index (Phi) is 5.52. The summed E-state index contributed by atoms with van der Waals surface area (Å²) < 4.78 is 18.3. The highest BCUT2D eigenvalue weighted by atomic mass is 35.5. The van der Waals surface area contributed by atoms with Gasteiger partial charge >= 0.3 is 6.01 Å². The summed E-state index contributed by atoms with van der Waals surface area (Å²) in [4.78, 5) is 19.0. The summed E-state index contributed by atoms with van der Waals surface area (Å²) in [6.07, 6.45) is 5.85. The van der Waals surface area contributed by atoms with Gasteiger partial charge in [-0.15, -0.1) is 11.6 Å². The average Bonchev–Trinajstić information content (AvgIpc) is 2.44. The summed E-state index contributed by atoms with van der Waals surface area (Å²) in [5, 5.41) is 2.95. The second kappa shape index (κ2) is 7.38. The summed E-state index contributed by atoms with van der Waals surface area (Å²) in [5.74, 6) is -0.152. The predicted molar refractivity (Wildman–Crippen MR) is 72.1 cm³/mol. The van der Waals surface area contributed by atoms with Gasteiger partial charge in [-0.25, -0.2) is 14.4 Å². The number of alkyl halides is 1. The molecule has 0 radical (unpaired) electrons. The summed E-state index contributed by atoms with van der Waals surface area (Å²) >= 11 is 5.52. The second-order valence-corrected chi connectivity index (χ2v) is 5.16. The molecule has 1 fully saturated rings. The third kappa shape index (κ3) is 4.59. The van der Waals surface area contributed by atoms with Crippen molar-refractivity contribution in [1.82, 2.24) is 15.3 Å². The van der Waals surface area contributed by atoms with Crippen molar-refractivity contribution in [2.24, 2.45) is 0 Å². The van der Waals surface area contributed by atoms with Crippen molar-refractivity contribution >= 4 is 17.5 Å². The number of nitrogens with one attached hydrogen (secondary N) is 1. The van der Waals surface area contributed by atoms with E-state index in [0.717, 1.165) is 38.1 Å². The summed E-state index contributed by atoms with van der Waals surface area (Å²) in [7, 11) is 0. The molecule has 1 amide bonds. The zero-order valence-corrected chi connectivity index (χ0v) is 11.8. The number of nitrogens with zero attached hydrogens (tertiary/aromatic N) is 2. The molecule has 7 heteroatoms. The van der Waals surface area contributed by atoms with Crippen LogP contribution in [0.4, 0.5) is 4.39 Å². The number of hydrogen-bond donors (Lipinski definition) is 1. The van der Waals surface area contributed by atoms with Gasteiger partial charge in [0.15, 0.2) is 5.82 Å². The lowest BCUT2D eigenvalue weighted by Crippen LogP contribution is -2.39. The van der Waals surface area contributed by atoms with Gasteiger partial charge in [-0.3, -0.25) is 4.79 Å². The minimum Gasteiger partial charge on any atom is -0.460 e. The third-order valence-corrected chi connectivity index (χ3v) is 3.42. The van der Waals surface area contributed by atoms with Crippen LogP contribution in [-0.4, -0.2) is 33.9 Å². The van der Waals surface area contributed by atoms with Crippen LogP contribution in [0.1, 0.15) is 32.1 Å². The topological polar surface area (TPSA) is 64.1 Å². The fourth-order valence-corrected chi connectivity index (χ4v) is 2.39. The number of aromatic nitrogens is 2. The molecule has 0 saturated heterocycles. The Labute approximate surface area is 121 Å². The van der Waals surface area contributed by atoms with E-state index in [0.29, 0.717) is 12.3 Å². The smallest absolute Gasteiger partial charge is 0.316 e. The molecule has 1 aromatic heterocycles. The quantitative estimate of drug-likeness (QED) is 0.846. The molecule has 1 saturated carbocycles. The van der Waals surface area contributed by atoms with E-state index in [4.69, 9.17) is 16.3 Å².